The molecule has 0 aromatic carbocycles. The van der Waals surface area contributed by atoms with Gasteiger partial charge in [0.05, 0.1) is 5.25 Å². The Hall–Kier alpha value is -1.94. The summed E-state index contributed by atoms with van der Waals surface area (Å²) in [5, 5.41) is 2.50. The predicted molar refractivity (Wildman–Crippen MR) is 121 cm³/mol. The number of likely N-dealkylation sites (tertiary alicyclic amines) is 1. The van der Waals surface area contributed by atoms with Gasteiger partial charge in [-0.25, -0.2) is 0 Å². The van der Waals surface area contributed by atoms with Crippen molar-refractivity contribution < 1.29 is 24.0 Å². The van der Waals surface area contributed by atoms with Crippen LogP contribution in [0, 0.1) is 0 Å². The predicted octanol–water partition coefficient (Wildman–Crippen LogP) is 0.521. The maximum Gasteiger partial charge on any atom is 0.243 e. The maximum atomic E-state index is 12.5. The van der Waals surface area contributed by atoms with Crippen molar-refractivity contribution in [1.82, 2.24) is 20.0 Å². The van der Waals surface area contributed by atoms with Crippen molar-refractivity contribution in [3.63, 3.8) is 0 Å². The lowest BCUT2D eigenvalue weighted by molar-refractivity contribution is -0.140. The second-order valence-electron chi connectivity index (χ2n) is 8.19. The number of nitrogens with zero attached hydrogens (tertiary/aromatic N) is 3. The number of likely N-dealkylation sites (N-methyl/N-ethyl adjacent to an activating group) is 2. The number of carbonyl (C=O) groups is 5. The van der Waals surface area contributed by atoms with Crippen LogP contribution in [0.3, 0.4) is 0 Å². The highest BCUT2D eigenvalue weighted by Crippen LogP contribution is 2.25. The minimum absolute atomic E-state index is 0.00470. The van der Waals surface area contributed by atoms with Gasteiger partial charge in [0.15, 0.2) is 0 Å². The van der Waals surface area contributed by atoms with E-state index in [4.69, 9.17) is 0 Å². The molecular weight excluding hydrogens is 420 g/mol. The Kier molecular flexibility index (Phi) is 11.8. The molecule has 1 N–H and O–H groups in total. The van der Waals surface area contributed by atoms with Crippen LogP contribution >= 0.6 is 11.8 Å². The first-order valence-corrected chi connectivity index (χ1v) is 11.7. The number of nitrogens with one attached hydrogen (secondary N) is 1. The highest BCUT2D eigenvalue weighted by Gasteiger charge is 2.35. The Bertz CT molecular complexity index is 670. The van der Waals surface area contributed by atoms with E-state index in [0.717, 1.165) is 18.6 Å². The molecule has 4 amide bonds. The molecule has 0 aliphatic carbocycles. The minimum Gasteiger partial charge on any atom is -0.353 e. The zero-order chi connectivity index (χ0) is 23.6. The summed E-state index contributed by atoms with van der Waals surface area (Å²) in [6, 6.07) is -0.800. The Morgan fingerprint density at radius 3 is 2.39 bits per heavy atom. The number of ketones is 1. The van der Waals surface area contributed by atoms with Crippen LogP contribution in [0.2, 0.25) is 0 Å². The van der Waals surface area contributed by atoms with E-state index in [1.807, 2.05) is 19.0 Å². The van der Waals surface area contributed by atoms with Crippen molar-refractivity contribution >= 4 is 41.2 Å². The molecule has 1 unspecified atom stereocenters. The third kappa shape index (κ3) is 9.39. The molecule has 31 heavy (non-hydrogen) atoms. The molecule has 1 rings (SSSR count). The molecule has 0 spiro atoms. The SMILES string of the molecule is CC(=O)C[C@@H](C(=O)NCCN(C)C)N(C)C(=O)CCCCCSC1CC(=O)N(C)C1=O. The molecule has 2 atom stereocenters. The number of imide groups is 1. The zero-order valence-electron chi connectivity index (χ0n) is 19.3. The van der Waals surface area contributed by atoms with Gasteiger partial charge in [0.1, 0.15) is 11.8 Å². The van der Waals surface area contributed by atoms with Gasteiger partial charge in [-0.3, -0.25) is 28.9 Å². The third-order valence-corrected chi connectivity index (χ3v) is 6.49. The Morgan fingerprint density at radius 1 is 1.16 bits per heavy atom. The van der Waals surface area contributed by atoms with Crippen LogP contribution in [0.15, 0.2) is 0 Å². The number of thioether (sulfide) groups is 1. The highest BCUT2D eigenvalue weighted by molar-refractivity contribution is 8.00. The first-order chi connectivity index (χ1) is 14.5. The van der Waals surface area contributed by atoms with Crippen molar-refractivity contribution in [3.8, 4) is 0 Å². The summed E-state index contributed by atoms with van der Waals surface area (Å²) in [6.07, 6.45) is 2.86. The Balaban J connectivity index is 2.36. The second-order valence-corrected chi connectivity index (χ2v) is 9.50. The van der Waals surface area contributed by atoms with Gasteiger partial charge in [-0.15, -0.1) is 11.8 Å². The summed E-state index contributed by atoms with van der Waals surface area (Å²) in [5.41, 5.74) is 0. The molecule has 0 radical (unpaired) electrons. The van der Waals surface area contributed by atoms with Gasteiger partial charge >= 0.3 is 0 Å². The van der Waals surface area contributed by atoms with Crippen molar-refractivity contribution in [2.45, 2.75) is 56.7 Å². The van der Waals surface area contributed by atoms with E-state index in [2.05, 4.69) is 5.32 Å². The van der Waals surface area contributed by atoms with Gasteiger partial charge in [-0.2, -0.15) is 0 Å². The number of amides is 4. The summed E-state index contributed by atoms with van der Waals surface area (Å²) in [6.45, 7) is 2.53. The number of hydrogen-bond donors (Lipinski definition) is 1. The lowest BCUT2D eigenvalue weighted by atomic mass is 10.1. The molecule has 1 aliphatic rings. The molecule has 0 bridgehead atoms. The average molecular weight is 457 g/mol. The highest BCUT2D eigenvalue weighted by atomic mass is 32.2. The van der Waals surface area contributed by atoms with Gasteiger partial charge < -0.3 is 15.1 Å². The molecule has 176 valence electrons. The summed E-state index contributed by atoms with van der Waals surface area (Å²) in [7, 11) is 6.87. The Labute approximate surface area is 189 Å². The van der Waals surface area contributed by atoms with Gasteiger partial charge in [0.2, 0.25) is 23.6 Å². The van der Waals surface area contributed by atoms with Gasteiger partial charge in [0, 0.05) is 46.4 Å². The van der Waals surface area contributed by atoms with Crippen LogP contribution in [-0.2, 0) is 24.0 Å². The standard InChI is InChI=1S/C21H36N4O5S/c1-15(26)13-16(20(29)22-10-11-23(2)3)24(4)18(27)9-7-6-8-12-31-17-14-19(28)25(5)21(17)30/h16-17H,6-14H2,1-5H3,(H,22,29)/t16-,17?/m0/s1. The first kappa shape index (κ1) is 27.1. The Morgan fingerprint density at radius 2 is 1.84 bits per heavy atom. The smallest absolute Gasteiger partial charge is 0.243 e. The number of rotatable bonds is 14. The summed E-state index contributed by atoms with van der Waals surface area (Å²) >= 11 is 1.49. The molecule has 1 saturated heterocycles. The van der Waals surface area contributed by atoms with Crippen LogP contribution < -0.4 is 5.32 Å². The molecule has 9 nitrogen and oxygen atoms in total. The van der Waals surface area contributed by atoms with E-state index in [0.29, 0.717) is 25.9 Å². The van der Waals surface area contributed by atoms with E-state index in [9.17, 15) is 24.0 Å². The number of hydrogen-bond acceptors (Lipinski definition) is 7. The van der Waals surface area contributed by atoms with Gasteiger partial charge in [-0.05, 0) is 39.6 Å². The molecule has 1 fully saturated rings. The van der Waals surface area contributed by atoms with E-state index >= 15 is 0 Å². The van der Waals surface area contributed by atoms with Crippen LogP contribution in [0.1, 0.15) is 45.4 Å². The zero-order valence-corrected chi connectivity index (χ0v) is 20.1. The quantitative estimate of drug-likeness (QED) is 0.300. The lowest BCUT2D eigenvalue weighted by Crippen LogP contribution is -2.49. The van der Waals surface area contributed by atoms with E-state index in [1.165, 1.54) is 35.5 Å². The second kappa shape index (κ2) is 13.5. The molecule has 1 heterocycles. The molecule has 0 saturated carbocycles. The van der Waals surface area contributed by atoms with Crippen molar-refractivity contribution in [2.24, 2.45) is 0 Å². The third-order valence-electron chi connectivity index (χ3n) is 5.20. The fraction of sp³-hybridized carbons (Fsp3) is 0.762. The van der Waals surface area contributed by atoms with E-state index in [1.54, 1.807) is 7.05 Å². The topological polar surface area (TPSA) is 107 Å². The fourth-order valence-electron chi connectivity index (χ4n) is 3.18. The molecule has 10 heteroatoms. The summed E-state index contributed by atoms with van der Waals surface area (Å²) in [4.78, 5) is 64.5. The van der Waals surface area contributed by atoms with Crippen LogP contribution in [-0.4, -0.2) is 102 Å². The van der Waals surface area contributed by atoms with Gasteiger partial charge in [0.25, 0.3) is 0 Å². The minimum atomic E-state index is -0.800. The van der Waals surface area contributed by atoms with Crippen LogP contribution in [0.4, 0.5) is 0 Å². The molecule has 1 aliphatic heterocycles. The molecule has 0 aromatic rings. The van der Waals surface area contributed by atoms with Gasteiger partial charge in [-0.1, -0.05) is 6.42 Å². The first-order valence-electron chi connectivity index (χ1n) is 10.6. The number of carbonyl (C=O) groups excluding carboxylic acids is 5. The molecule has 0 aromatic heterocycles. The molecular formula is C21H36N4O5S. The fourth-order valence-corrected chi connectivity index (χ4v) is 4.40. The largest absolute Gasteiger partial charge is 0.353 e. The normalized spacial score (nSPS) is 17.2. The summed E-state index contributed by atoms with van der Waals surface area (Å²) < 4.78 is 0. The number of Topliss-reactive ketones (excluding diaryl/α,β-unsaturated/α-hetero) is 1. The monoisotopic (exact) mass is 456 g/mol. The van der Waals surface area contributed by atoms with Crippen molar-refractivity contribution in [3.05, 3.63) is 0 Å². The van der Waals surface area contributed by atoms with Crippen molar-refractivity contribution in [2.75, 3.05) is 47.0 Å². The average Bonchev–Trinajstić information content (AvgIpc) is 2.94. The lowest BCUT2D eigenvalue weighted by Gasteiger charge is -2.27. The number of unbranched alkanes of at least 4 members (excludes halogenated alkanes) is 2. The van der Waals surface area contributed by atoms with Crippen molar-refractivity contribution in [1.29, 1.82) is 0 Å². The summed E-state index contributed by atoms with van der Waals surface area (Å²) in [5.74, 6) is -0.142. The van der Waals surface area contributed by atoms with Crippen LogP contribution in [0.25, 0.3) is 0 Å². The van der Waals surface area contributed by atoms with E-state index < -0.39 is 6.04 Å². The van der Waals surface area contributed by atoms with Crippen LogP contribution in [0.5, 0.6) is 0 Å². The maximum absolute atomic E-state index is 12.5. The van der Waals surface area contributed by atoms with E-state index in [-0.39, 0.29) is 47.5 Å².